The van der Waals surface area contributed by atoms with E-state index < -0.39 is 22.6 Å². The van der Waals surface area contributed by atoms with Crippen LogP contribution in [0.4, 0.5) is 5.69 Å². The van der Waals surface area contributed by atoms with E-state index >= 15 is 0 Å². The Morgan fingerprint density at radius 3 is 2.26 bits per heavy atom. The molecule has 0 spiro atoms. The summed E-state index contributed by atoms with van der Waals surface area (Å²) in [4.78, 5) is 33.8. The number of nitro benzene ring substituents is 1. The molecular formula is C16H12ClNO5. The summed E-state index contributed by atoms with van der Waals surface area (Å²) in [6.45, 7) is 0. The molecule has 0 aromatic heterocycles. The predicted molar refractivity (Wildman–Crippen MR) is 83.9 cm³/mol. The van der Waals surface area contributed by atoms with E-state index in [9.17, 15) is 24.8 Å². The number of benzene rings is 2. The highest BCUT2D eigenvalue weighted by atomic mass is 35.5. The molecule has 0 saturated carbocycles. The minimum Gasteiger partial charge on any atom is -0.481 e. The van der Waals surface area contributed by atoms with Crippen molar-refractivity contribution in [2.24, 2.45) is 0 Å². The molecule has 0 amide bonds. The molecule has 0 saturated heterocycles. The average molecular weight is 334 g/mol. The monoisotopic (exact) mass is 333 g/mol. The molecule has 1 unspecified atom stereocenters. The summed E-state index contributed by atoms with van der Waals surface area (Å²) in [6.07, 6.45) is -0.281. The van der Waals surface area contributed by atoms with E-state index in [4.69, 9.17) is 11.6 Å². The van der Waals surface area contributed by atoms with Gasteiger partial charge in [-0.2, -0.15) is 0 Å². The largest absolute Gasteiger partial charge is 0.481 e. The first-order valence-electron chi connectivity index (χ1n) is 6.65. The summed E-state index contributed by atoms with van der Waals surface area (Å²) in [5.41, 5.74) is 0.432. The number of rotatable bonds is 6. The summed E-state index contributed by atoms with van der Waals surface area (Å²) < 4.78 is 0. The fourth-order valence-electron chi connectivity index (χ4n) is 2.16. The van der Waals surface area contributed by atoms with E-state index in [-0.39, 0.29) is 22.7 Å². The van der Waals surface area contributed by atoms with Crippen LogP contribution in [0.3, 0.4) is 0 Å². The summed E-state index contributed by atoms with van der Waals surface area (Å²) in [5, 5.41) is 20.2. The standard InChI is InChI=1S/C16H12ClNO5/c17-14-4-2-1-3-12(14)15(19)9-13(16(20)21)10-5-7-11(8-6-10)18(22)23/h1-8,13H,9H2,(H,20,21). The van der Waals surface area contributed by atoms with Gasteiger partial charge in [0.05, 0.1) is 15.9 Å². The van der Waals surface area contributed by atoms with Crippen LogP contribution in [0.1, 0.15) is 28.3 Å². The number of carboxylic acid groups (broad SMARTS) is 1. The van der Waals surface area contributed by atoms with E-state index in [1.54, 1.807) is 18.2 Å². The Hall–Kier alpha value is -2.73. The molecule has 0 aliphatic rings. The molecule has 7 heteroatoms. The van der Waals surface area contributed by atoms with Crippen molar-refractivity contribution in [2.45, 2.75) is 12.3 Å². The van der Waals surface area contributed by atoms with E-state index in [2.05, 4.69) is 0 Å². The second-order valence-electron chi connectivity index (χ2n) is 4.85. The van der Waals surface area contributed by atoms with Crippen molar-refractivity contribution in [1.82, 2.24) is 0 Å². The average Bonchev–Trinajstić information content (AvgIpc) is 2.52. The number of hydrogen-bond donors (Lipinski definition) is 1. The maximum absolute atomic E-state index is 12.3. The molecule has 2 rings (SSSR count). The zero-order valence-electron chi connectivity index (χ0n) is 11.8. The van der Waals surface area contributed by atoms with Crippen LogP contribution >= 0.6 is 11.6 Å². The lowest BCUT2D eigenvalue weighted by molar-refractivity contribution is -0.384. The Morgan fingerprint density at radius 1 is 1.13 bits per heavy atom. The molecule has 2 aromatic carbocycles. The second kappa shape index (κ2) is 7.02. The van der Waals surface area contributed by atoms with Gasteiger partial charge in [-0.3, -0.25) is 19.7 Å². The van der Waals surface area contributed by atoms with Crippen LogP contribution in [-0.2, 0) is 4.79 Å². The maximum atomic E-state index is 12.3. The van der Waals surface area contributed by atoms with Crippen LogP contribution in [0, 0.1) is 10.1 Å². The molecule has 6 nitrogen and oxygen atoms in total. The van der Waals surface area contributed by atoms with Gasteiger partial charge in [0, 0.05) is 24.1 Å². The van der Waals surface area contributed by atoms with Crippen LogP contribution in [0.5, 0.6) is 0 Å². The first-order chi connectivity index (χ1) is 10.9. The number of hydrogen-bond acceptors (Lipinski definition) is 4. The van der Waals surface area contributed by atoms with E-state index in [1.807, 2.05) is 0 Å². The van der Waals surface area contributed by atoms with Gasteiger partial charge in [-0.05, 0) is 17.7 Å². The Bertz CT molecular complexity index is 757. The van der Waals surface area contributed by atoms with E-state index in [0.717, 1.165) is 0 Å². The highest BCUT2D eigenvalue weighted by Gasteiger charge is 2.25. The molecule has 1 atom stereocenters. The molecule has 0 aliphatic heterocycles. The van der Waals surface area contributed by atoms with Crippen LogP contribution < -0.4 is 0 Å². The number of carbonyl (C=O) groups excluding carboxylic acids is 1. The summed E-state index contributed by atoms with van der Waals surface area (Å²) in [6, 6.07) is 11.5. The van der Waals surface area contributed by atoms with Gasteiger partial charge in [0.25, 0.3) is 5.69 Å². The molecule has 0 bridgehead atoms. The van der Waals surface area contributed by atoms with Gasteiger partial charge >= 0.3 is 5.97 Å². The zero-order chi connectivity index (χ0) is 17.0. The Labute approximate surface area is 136 Å². The predicted octanol–water partition coefficient (Wildman–Crippen LogP) is 3.69. The van der Waals surface area contributed by atoms with Crippen molar-refractivity contribution in [3.05, 3.63) is 74.8 Å². The molecule has 0 fully saturated rings. The van der Waals surface area contributed by atoms with Gasteiger partial charge in [0.2, 0.25) is 0 Å². The van der Waals surface area contributed by atoms with E-state index in [1.165, 1.54) is 30.3 Å². The normalized spacial score (nSPS) is 11.7. The first kappa shape index (κ1) is 16.6. The van der Waals surface area contributed by atoms with Gasteiger partial charge in [0.1, 0.15) is 0 Å². The Morgan fingerprint density at radius 2 is 1.74 bits per heavy atom. The molecule has 0 aliphatic carbocycles. The Kier molecular flexibility index (Phi) is 5.08. The fourth-order valence-corrected chi connectivity index (χ4v) is 2.40. The van der Waals surface area contributed by atoms with Gasteiger partial charge in [-0.1, -0.05) is 35.9 Å². The Balaban J connectivity index is 2.25. The minimum absolute atomic E-state index is 0.143. The molecule has 118 valence electrons. The molecule has 1 N–H and O–H groups in total. The van der Waals surface area contributed by atoms with Gasteiger partial charge in [0.15, 0.2) is 5.78 Å². The van der Waals surface area contributed by atoms with Crippen LogP contribution in [0.25, 0.3) is 0 Å². The summed E-state index contributed by atoms with van der Waals surface area (Å²) >= 11 is 5.94. The lowest BCUT2D eigenvalue weighted by Gasteiger charge is -2.12. The van der Waals surface area contributed by atoms with Gasteiger partial charge < -0.3 is 5.11 Å². The quantitative estimate of drug-likeness (QED) is 0.494. The third kappa shape index (κ3) is 3.92. The number of carboxylic acids is 1. The van der Waals surface area contributed by atoms with Crippen molar-refractivity contribution in [1.29, 1.82) is 0 Å². The zero-order valence-corrected chi connectivity index (χ0v) is 12.6. The van der Waals surface area contributed by atoms with Crippen LogP contribution in [0.15, 0.2) is 48.5 Å². The SMILES string of the molecule is O=C(CC(C(=O)O)c1ccc([N+](=O)[O-])cc1)c1ccccc1Cl. The summed E-state index contributed by atoms with van der Waals surface area (Å²) in [5.74, 6) is -2.68. The van der Waals surface area contributed by atoms with Crippen LogP contribution in [-0.4, -0.2) is 21.8 Å². The molecular weight excluding hydrogens is 322 g/mol. The number of ketones is 1. The van der Waals surface area contributed by atoms with Crippen molar-refractivity contribution < 1.29 is 19.6 Å². The van der Waals surface area contributed by atoms with Crippen molar-refractivity contribution in [3.63, 3.8) is 0 Å². The maximum Gasteiger partial charge on any atom is 0.311 e. The summed E-state index contributed by atoms with van der Waals surface area (Å²) in [7, 11) is 0. The number of non-ortho nitro benzene ring substituents is 1. The van der Waals surface area contributed by atoms with E-state index in [0.29, 0.717) is 5.56 Å². The highest BCUT2D eigenvalue weighted by molar-refractivity contribution is 6.34. The highest BCUT2D eigenvalue weighted by Crippen LogP contribution is 2.26. The van der Waals surface area contributed by atoms with Crippen molar-refractivity contribution in [2.75, 3.05) is 0 Å². The minimum atomic E-state index is -1.18. The molecule has 2 aromatic rings. The third-order valence-corrected chi connectivity index (χ3v) is 3.70. The van der Waals surface area contributed by atoms with Gasteiger partial charge in [-0.25, -0.2) is 0 Å². The molecule has 23 heavy (non-hydrogen) atoms. The topological polar surface area (TPSA) is 97.5 Å². The number of nitrogens with zero attached hydrogens (tertiary/aromatic N) is 1. The number of Topliss-reactive ketones (excluding diaryl/α,β-unsaturated/α-hetero) is 1. The number of halogens is 1. The van der Waals surface area contributed by atoms with Crippen molar-refractivity contribution in [3.8, 4) is 0 Å². The smallest absolute Gasteiger partial charge is 0.311 e. The molecule has 0 radical (unpaired) electrons. The second-order valence-corrected chi connectivity index (χ2v) is 5.25. The fraction of sp³-hybridized carbons (Fsp3) is 0.125. The lowest BCUT2D eigenvalue weighted by atomic mass is 9.91. The number of aliphatic carboxylic acids is 1. The number of nitro groups is 1. The van der Waals surface area contributed by atoms with Gasteiger partial charge in [-0.15, -0.1) is 0 Å². The van der Waals surface area contributed by atoms with Crippen molar-refractivity contribution >= 4 is 29.0 Å². The third-order valence-electron chi connectivity index (χ3n) is 3.37. The van der Waals surface area contributed by atoms with Crippen LogP contribution in [0.2, 0.25) is 5.02 Å². The number of carbonyl (C=O) groups is 2. The lowest BCUT2D eigenvalue weighted by Crippen LogP contribution is -2.16. The first-order valence-corrected chi connectivity index (χ1v) is 7.03. The molecule has 0 heterocycles.